The second kappa shape index (κ2) is 3.38. The van der Waals surface area contributed by atoms with Gasteiger partial charge in [-0.2, -0.15) is 0 Å². The predicted molar refractivity (Wildman–Crippen MR) is 42.5 cm³/mol. The molecule has 0 aliphatic carbocycles. The summed E-state index contributed by atoms with van der Waals surface area (Å²) in [4.78, 5) is 33.8. The quantitative estimate of drug-likeness (QED) is 0.328. The van der Waals surface area contributed by atoms with Gasteiger partial charge in [-0.1, -0.05) is 6.58 Å². The Morgan fingerprint density at radius 2 is 2.31 bits per heavy atom. The highest BCUT2D eigenvalue weighted by atomic mass is 16.5. The summed E-state index contributed by atoms with van der Waals surface area (Å²) < 4.78 is 4.64. The van der Waals surface area contributed by atoms with Gasteiger partial charge < -0.3 is 4.74 Å². The van der Waals surface area contributed by atoms with Gasteiger partial charge in [0.2, 0.25) is 5.91 Å². The number of carbonyl (C=O) groups excluding carboxylic acids is 3. The normalized spacial score (nSPS) is 21.9. The lowest BCUT2D eigenvalue weighted by molar-refractivity contribution is -0.151. The summed E-state index contributed by atoms with van der Waals surface area (Å²) in [6, 6.07) is 0. The molecule has 0 spiro atoms. The van der Waals surface area contributed by atoms with Gasteiger partial charge in [-0.25, -0.2) is 4.79 Å². The molecule has 0 radical (unpaired) electrons. The predicted octanol–water partition coefficient (Wildman–Crippen LogP) is -0.527. The van der Waals surface area contributed by atoms with Crippen molar-refractivity contribution in [3.63, 3.8) is 0 Å². The van der Waals surface area contributed by atoms with Gasteiger partial charge in [0.25, 0.3) is 5.91 Å². The monoisotopic (exact) mass is 183 g/mol. The van der Waals surface area contributed by atoms with Crippen molar-refractivity contribution in [1.29, 1.82) is 0 Å². The Morgan fingerprint density at radius 1 is 1.69 bits per heavy atom. The summed E-state index contributed by atoms with van der Waals surface area (Å²) in [6.45, 7) is 3.18. The third-order valence-electron chi connectivity index (χ3n) is 1.77. The topological polar surface area (TPSA) is 63.7 Å². The molecule has 1 saturated heterocycles. The van der Waals surface area contributed by atoms with Crippen LogP contribution in [0.4, 0.5) is 0 Å². The number of likely N-dealkylation sites (N-methyl/N-ethyl adjacent to an activating group) is 1. The number of nitrogens with zero attached hydrogens (tertiary/aromatic N) is 1. The number of amides is 2. The van der Waals surface area contributed by atoms with Crippen molar-refractivity contribution in [3.05, 3.63) is 12.7 Å². The molecule has 1 atom stereocenters. The molecular weight excluding hydrogens is 174 g/mol. The number of esters is 1. The molecular formula is C8H9NO4. The van der Waals surface area contributed by atoms with Crippen molar-refractivity contribution in [2.45, 2.75) is 12.5 Å². The Morgan fingerprint density at radius 3 is 2.69 bits per heavy atom. The molecule has 0 saturated carbocycles. The average molecular weight is 183 g/mol. The molecule has 0 N–H and O–H groups in total. The molecule has 0 bridgehead atoms. The SMILES string of the molecule is C=CC(=O)O[C@@H]1CC(=O)N(C)C1=O. The van der Waals surface area contributed by atoms with E-state index in [0.717, 1.165) is 11.0 Å². The van der Waals surface area contributed by atoms with Crippen molar-refractivity contribution in [2.24, 2.45) is 0 Å². The Kier molecular flexibility index (Phi) is 2.46. The average Bonchev–Trinajstić information content (AvgIpc) is 2.34. The molecule has 0 unspecified atom stereocenters. The molecule has 1 rings (SSSR count). The summed E-state index contributed by atoms with van der Waals surface area (Å²) in [5.41, 5.74) is 0. The van der Waals surface area contributed by atoms with Gasteiger partial charge in [-0.05, 0) is 0 Å². The van der Waals surface area contributed by atoms with E-state index in [1.807, 2.05) is 0 Å². The molecule has 5 nitrogen and oxygen atoms in total. The van der Waals surface area contributed by atoms with Crippen LogP contribution in [0.1, 0.15) is 6.42 Å². The highest BCUT2D eigenvalue weighted by Gasteiger charge is 2.38. The maximum absolute atomic E-state index is 11.2. The van der Waals surface area contributed by atoms with Crippen LogP contribution in [0.5, 0.6) is 0 Å². The standard InChI is InChI=1S/C8H9NO4/c1-3-7(11)13-5-4-6(10)9(2)8(5)12/h3,5H,1,4H2,2H3/t5-/m1/s1. The highest BCUT2D eigenvalue weighted by molar-refractivity contribution is 6.05. The zero-order valence-electron chi connectivity index (χ0n) is 7.15. The zero-order valence-corrected chi connectivity index (χ0v) is 7.15. The van der Waals surface area contributed by atoms with Crippen LogP contribution in [-0.2, 0) is 19.1 Å². The first-order chi connectivity index (χ1) is 6.06. The molecule has 0 aromatic heterocycles. The van der Waals surface area contributed by atoms with Crippen molar-refractivity contribution in [3.8, 4) is 0 Å². The molecule has 1 aliphatic heterocycles. The molecule has 1 fully saturated rings. The van der Waals surface area contributed by atoms with Crippen molar-refractivity contribution in [1.82, 2.24) is 4.90 Å². The van der Waals surface area contributed by atoms with E-state index in [0.29, 0.717) is 0 Å². The summed E-state index contributed by atoms with van der Waals surface area (Å²) in [5, 5.41) is 0. The smallest absolute Gasteiger partial charge is 0.330 e. The van der Waals surface area contributed by atoms with Gasteiger partial charge in [-0.15, -0.1) is 0 Å². The summed E-state index contributed by atoms with van der Waals surface area (Å²) in [6.07, 6.45) is -0.0895. The molecule has 0 aromatic rings. The van der Waals surface area contributed by atoms with Crippen LogP contribution < -0.4 is 0 Å². The molecule has 70 valence electrons. The van der Waals surface area contributed by atoms with Crippen molar-refractivity contribution in [2.75, 3.05) is 7.05 Å². The number of ether oxygens (including phenoxy) is 1. The summed E-state index contributed by atoms with van der Waals surface area (Å²) in [5.74, 6) is -1.52. The lowest BCUT2D eigenvalue weighted by Gasteiger charge is -2.08. The van der Waals surface area contributed by atoms with Gasteiger partial charge in [0.05, 0.1) is 6.42 Å². The van der Waals surface area contributed by atoms with Crippen LogP contribution in [0, 0.1) is 0 Å². The number of hydrogen-bond acceptors (Lipinski definition) is 4. The number of imide groups is 1. The number of likely N-dealkylation sites (tertiary alicyclic amines) is 1. The number of carbonyl (C=O) groups is 3. The lowest BCUT2D eigenvalue weighted by Crippen LogP contribution is -2.30. The van der Waals surface area contributed by atoms with Gasteiger partial charge >= 0.3 is 5.97 Å². The summed E-state index contributed by atoms with van der Waals surface area (Å²) >= 11 is 0. The third kappa shape index (κ3) is 1.74. The van der Waals surface area contributed by atoms with Gasteiger partial charge in [0.1, 0.15) is 0 Å². The lowest BCUT2D eigenvalue weighted by atomic mass is 10.3. The minimum absolute atomic E-state index is 0.0745. The van der Waals surface area contributed by atoms with E-state index in [9.17, 15) is 14.4 Å². The fourth-order valence-corrected chi connectivity index (χ4v) is 1.00. The van der Waals surface area contributed by atoms with Crippen molar-refractivity contribution < 1.29 is 19.1 Å². The van der Waals surface area contributed by atoms with Gasteiger partial charge in [0.15, 0.2) is 6.10 Å². The van der Waals surface area contributed by atoms with E-state index < -0.39 is 18.0 Å². The van der Waals surface area contributed by atoms with E-state index >= 15 is 0 Å². The molecule has 1 heterocycles. The number of hydrogen-bond donors (Lipinski definition) is 0. The van der Waals surface area contributed by atoms with Crippen LogP contribution in [-0.4, -0.2) is 35.8 Å². The van der Waals surface area contributed by atoms with Gasteiger partial charge in [0, 0.05) is 13.1 Å². The van der Waals surface area contributed by atoms with Crippen LogP contribution in [0.3, 0.4) is 0 Å². The van der Waals surface area contributed by atoms with Crippen LogP contribution in [0.25, 0.3) is 0 Å². The second-order valence-electron chi connectivity index (χ2n) is 2.62. The largest absolute Gasteiger partial charge is 0.449 e. The molecule has 5 heteroatoms. The maximum atomic E-state index is 11.2. The zero-order chi connectivity index (χ0) is 10.0. The van der Waals surface area contributed by atoms with Crippen molar-refractivity contribution >= 4 is 17.8 Å². The van der Waals surface area contributed by atoms with Crippen LogP contribution in [0.15, 0.2) is 12.7 Å². The Bertz CT molecular complexity index is 284. The fraction of sp³-hybridized carbons (Fsp3) is 0.375. The highest BCUT2D eigenvalue weighted by Crippen LogP contribution is 2.14. The van der Waals surface area contributed by atoms with Crippen LogP contribution in [0.2, 0.25) is 0 Å². The first-order valence-electron chi connectivity index (χ1n) is 3.69. The number of rotatable bonds is 2. The minimum atomic E-state index is -0.969. The van der Waals surface area contributed by atoms with E-state index in [-0.39, 0.29) is 12.3 Å². The first-order valence-corrected chi connectivity index (χ1v) is 3.69. The Hall–Kier alpha value is -1.65. The van der Waals surface area contributed by atoms with E-state index in [2.05, 4.69) is 11.3 Å². The summed E-state index contributed by atoms with van der Waals surface area (Å²) in [7, 11) is 1.35. The Balaban J connectivity index is 2.64. The van der Waals surface area contributed by atoms with E-state index in [4.69, 9.17) is 0 Å². The first kappa shape index (κ1) is 9.44. The minimum Gasteiger partial charge on any atom is -0.449 e. The Labute approximate surface area is 75.0 Å². The van der Waals surface area contributed by atoms with E-state index in [1.165, 1.54) is 7.05 Å². The van der Waals surface area contributed by atoms with Crippen LogP contribution >= 0.6 is 0 Å². The maximum Gasteiger partial charge on any atom is 0.330 e. The van der Waals surface area contributed by atoms with Gasteiger partial charge in [-0.3, -0.25) is 14.5 Å². The molecule has 2 amide bonds. The molecule has 0 aromatic carbocycles. The molecule has 1 aliphatic rings. The third-order valence-corrected chi connectivity index (χ3v) is 1.77. The second-order valence-corrected chi connectivity index (χ2v) is 2.62. The molecule has 13 heavy (non-hydrogen) atoms. The fourth-order valence-electron chi connectivity index (χ4n) is 1.00. The van der Waals surface area contributed by atoms with E-state index in [1.54, 1.807) is 0 Å².